The van der Waals surface area contributed by atoms with E-state index in [1.165, 1.54) is 11.1 Å². The number of nitrogens with zero attached hydrogens (tertiary/aromatic N) is 2. The van der Waals surface area contributed by atoms with Gasteiger partial charge in [0, 0.05) is 36.9 Å². The van der Waals surface area contributed by atoms with Crippen molar-refractivity contribution in [1.82, 2.24) is 9.80 Å². The minimum atomic E-state index is -0.632. The third-order valence-corrected chi connectivity index (χ3v) is 8.83. The molecule has 0 spiro atoms. The van der Waals surface area contributed by atoms with Gasteiger partial charge in [0.15, 0.2) is 0 Å². The van der Waals surface area contributed by atoms with E-state index in [1.54, 1.807) is 36.3 Å². The summed E-state index contributed by atoms with van der Waals surface area (Å²) in [5, 5.41) is 3.01. The predicted molar refractivity (Wildman–Crippen MR) is 176 cm³/mol. The van der Waals surface area contributed by atoms with Gasteiger partial charge >= 0.3 is 6.09 Å². The lowest BCUT2D eigenvalue weighted by Gasteiger charge is -2.40. The number of rotatable bonds is 8. The topological polar surface area (TPSA) is 88.2 Å². The summed E-state index contributed by atoms with van der Waals surface area (Å²) in [5.41, 5.74) is 5.06. The highest BCUT2D eigenvalue weighted by Gasteiger charge is 2.43. The zero-order chi connectivity index (χ0) is 32.3. The van der Waals surface area contributed by atoms with E-state index in [4.69, 9.17) is 9.47 Å². The first-order chi connectivity index (χ1) is 21.4. The van der Waals surface area contributed by atoms with Crippen LogP contribution in [0.1, 0.15) is 78.6 Å². The Balaban J connectivity index is 1.42. The van der Waals surface area contributed by atoms with E-state index in [9.17, 15) is 14.4 Å². The Bertz CT molecular complexity index is 1540. The number of carbonyl (C=O) groups is 3. The van der Waals surface area contributed by atoms with Gasteiger partial charge in [-0.15, -0.1) is 0 Å². The second-order valence-corrected chi connectivity index (χ2v) is 13.3. The highest BCUT2D eigenvalue weighted by molar-refractivity contribution is 6.04. The zero-order valence-electron chi connectivity index (χ0n) is 27.3. The lowest BCUT2D eigenvalue weighted by molar-refractivity contribution is -0.139. The first-order valence-corrected chi connectivity index (χ1v) is 15.8. The molecule has 1 heterocycles. The number of piperidine rings is 1. The largest absolute Gasteiger partial charge is 0.497 e. The number of ether oxygens (including phenoxy) is 2. The maximum absolute atomic E-state index is 14.6. The first kappa shape index (κ1) is 32.1. The van der Waals surface area contributed by atoms with Crippen LogP contribution in [0, 0.1) is 19.8 Å². The predicted octanol–water partition coefficient (Wildman–Crippen LogP) is 7.10. The lowest BCUT2D eigenvalue weighted by atomic mass is 9.79. The Labute approximate surface area is 266 Å². The van der Waals surface area contributed by atoms with Crippen molar-refractivity contribution >= 4 is 23.6 Å². The summed E-state index contributed by atoms with van der Waals surface area (Å²) < 4.78 is 10.9. The molecule has 0 aromatic heterocycles. The number of carbonyl (C=O) groups excluding carboxylic acids is 3. The molecule has 1 aliphatic heterocycles. The lowest BCUT2D eigenvalue weighted by Crippen LogP contribution is -2.51. The molecule has 2 fully saturated rings. The molecule has 5 rings (SSSR count). The van der Waals surface area contributed by atoms with Crippen molar-refractivity contribution in [2.75, 3.05) is 25.5 Å². The van der Waals surface area contributed by atoms with Crippen LogP contribution in [-0.2, 0) is 16.1 Å². The number of amides is 3. The van der Waals surface area contributed by atoms with Crippen LogP contribution in [0.4, 0.5) is 10.5 Å². The van der Waals surface area contributed by atoms with E-state index in [0.717, 1.165) is 24.0 Å². The summed E-state index contributed by atoms with van der Waals surface area (Å²) in [6.07, 6.45) is 2.17. The molecule has 0 radical (unpaired) electrons. The maximum Gasteiger partial charge on any atom is 0.410 e. The number of benzene rings is 3. The van der Waals surface area contributed by atoms with Gasteiger partial charge in [-0.3, -0.25) is 9.59 Å². The standard InChI is InChI=1S/C37H45N3O5/c1-24-9-7-11-28(25(24)2)22-40(30-15-16-30)35(42)33-23-39(36(43)45-37(3,4)5)20-19-32(33)27-10-8-12-29(21-27)38-34(41)26-13-17-31(44-6)18-14-26/h7-14,17-18,21,30,32-33H,15-16,19-20,22-23H2,1-6H3,(H,38,41)/t32-,33+/m1/s1. The molecule has 45 heavy (non-hydrogen) atoms. The Morgan fingerprint density at radius 3 is 2.33 bits per heavy atom. The average molecular weight is 612 g/mol. The molecule has 1 saturated carbocycles. The minimum absolute atomic E-state index is 0.0596. The smallest absolute Gasteiger partial charge is 0.410 e. The molecule has 8 heteroatoms. The first-order valence-electron chi connectivity index (χ1n) is 15.8. The molecule has 1 saturated heterocycles. The molecule has 3 amide bonds. The number of anilines is 1. The van der Waals surface area contributed by atoms with E-state index in [1.807, 2.05) is 56.0 Å². The highest BCUT2D eigenvalue weighted by Crippen LogP contribution is 2.39. The van der Waals surface area contributed by atoms with Crippen molar-refractivity contribution in [3.05, 3.63) is 94.5 Å². The Hall–Kier alpha value is -4.33. The molecule has 3 aromatic rings. The molecular weight excluding hydrogens is 566 g/mol. The molecular formula is C37H45N3O5. The zero-order valence-corrected chi connectivity index (χ0v) is 27.3. The molecule has 1 aliphatic carbocycles. The van der Waals surface area contributed by atoms with Crippen LogP contribution in [0.15, 0.2) is 66.7 Å². The van der Waals surface area contributed by atoms with Gasteiger partial charge in [-0.25, -0.2) is 4.79 Å². The normalized spacial score (nSPS) is 18.2. The molecule has 8 nitrogen and oxygen atoms in total. The van der Waals surface area contributed by atoms with Crippen molar-refractivity contribution in [1.29, 1.82) is 0 Å². The summed E-state index contributed by atoms with van der Waals surface area (Å²) in [5.74, 6) is -0.0712. The fourth-order valence-corrected chi connectivity index (χ4v) is 6.04. The van der Waals surface area contributed by atoms with Gasteiger partial charge in [-0.05, 0) is 118 Å². The molecule has 3 aromatic carbocycles. The second-order valence-electron chi connectivity index (χ2n) is 13.3. The fraction of sp³-hybridized carbons (Fsp3) is 0.432. The molecule has 238 valence electrons. The minimum Gasteiger partial charge on any atom is -0.497 e. The van der Waals surface area contributed by atoms with Crippen molar-refractivity contribution in [2.45, 2.75) is 78.0 Å². The van der Waals surface area contributed by atoms with E-state index in [-0.39, 0.29) is 30.3 Å². The highest BCUT2D eigenvalue weighted by atomic mass is 16.6. The van der Waals surface area contributed by atoms with Crippen LogP contribution in [0.25, 0.3) is 0 Å². The van der Waals surface area contributed by atoms with Gasteiger partial charge in [-0.1, -0.05) is 30.3 Å². The molecule has 2 aliphatic rings. The molecule has 1 N–H and O–H groups in total. The number of hydrogen-bond donors (Lipinski definition) is 1. The summed E-state index contributed by atoms with van der Waals surface area (Å²) >= 11 is 0. The third-order valence-electron chi connectivity index (χ3n) is 8.83. The van der Waals surface area contributed by atoms with E-state index >= 15 is 0 Å². The van der Waals surface area contributed by atoms with Gasteiger partial charge in [0.1, 0.15) is 11.4 Å². The van der Waals surface area contributed by atoms with E-state index in [0.29, 0.717) is 36.5 Å². The summed E-state index contributed by atoms with van der Waals surface area (Å²) in [6, 6.07) is 21.1. The van der Waals surface area contributed by atoms with Crippen LogP contribution in [0.3, 0.4) is 0 Å². The monoisotopic (exact) mass is 611 g/mol. The quantitative estimate of drug-likeness (QED) is 0.294. The third kappa shape index (κ3) is 7.85. The molecule has 0 unspecified atom stereocenters. The summed E-state index contributed by atoms with van der Waals surface area (Å²) in [6.45, 7) is 11.1. The Morgan fingerprint density at radius 1 is 0.956 bits per heavy atom. The van der Waals surface area contributed by atoms with Gasteiger partial charge in [-0.2, -0.15) is 0 Å². The van der Waals surface area contributed by atoms with Gasteiger partial charge < -0.3 is 24.6 Å². The van der Waals surface area contributed by atoms with Gasteiger partial charge in [0.05, 0.1) is 13.0 Å². The summed E-state index contributed by atoms with van der Waals surface area (Å²) in [4.78, 5) is 44.5. The van der Waals surface area contributed by atoms with Crippen LogP contribution in [0.2, 0.25) is 0 Å². The van der Waals surface area contributed by atoms with Crippen LogP contribution < -0.4 is 10.1 Å². The van der Waals surface area contributed by atoms with Crippen molar-refractivity contribution in [3.63, 3.8) is 0 Å². The van der Waals surface area contributed by atoms with Crippen molar-refractivity contribution < 1.29 is 23.9 Å². The number of nitrogens with one attached hydrogen (secondary N) is 1. The number of methoxy groups -OCH3 is 1. The van der Waals surface area contributed by atoms with Crippen molar-refractivity contribution in [3.8, 4) is 5.75 Å². The number of hydrogen-bond acceptors (Lipinski definition) is 5. The van der Waals surface area contributed by atoms with Crippen molar-refractivity contribution in [2.24, 2.45) is 5.92 Å². The van der Waals surface area contributed by atoms with Crippen LogP contribution in [-0.4, -0.2) is 59.5 Å². The second kappa shape index (κ2) is 13.3. The molecule has 0 bridgehead atoms. The summed E-state index contributed by atoms with van der Waals surface area (Å²) in [7, 11) is 1.59. The number of aryl methyl sites for hydroxylation is 1. The van der Waals surface area contributed by atoms with Crippen LogP contribution in [0.5, 0.6) is 5.75 Å². The Kier molecular flexibility index (Phi) is 9.51. The Morgan fingerprint density at radius 2 is 1.67 bits per heavy atom. The maximum atomic E-state index is 14.6. The van der Waals surface area contributed by atoms with E-state index < -0.39 is 17.6 Å². The average Bonchev–Trinajstić information content (AvgIpc) is 3.86. The number of likely N-dealkylation sites (tertiary alicyclic amines) is 1. The SMILES string of the molecule is COc1ccc(C(=O)Nc2cccc([C@H]3CCN(C(=O)OC(C)(C)C)C[C@@H]3C(=O)N(Cc3cccc(C)c3C)C3CC3)c2)cc1. The fourth-order valence-electron chi connectivity index (χ4n) is 6.04. The van der Waals surface area contributed by atoms with Crippen LogP contribution >= 0.6 is 0 Å². The van der Waals surface area contributed by atoms with E-state index in [2.05, 4.69) is 31.3 Å². The van der Waals surface area contributed by atoms with Gasteiger partial charge in [0.2, 0.25) is 5.91 Å². The molecule has 2 atom stereocenters. The van der Waals surface area contributed by atoms with Gasteiger partial charge in [0.25, 0.3) is 5.91 Å².